The standard InChI is InChI=1S/C15H23NO3/c1-12-3-4-13(2)15(9-12)19-11-14(17)10-16-5-7-18-8-6-16/h3-4,9,14,17H,5-8,10-11H2,1-2H3. The molecule has 4 heteroatoms. The van der Waals surface area contributed by atoms with Crippen molar-refractivity contribution < 1.29 is 14.6 Å². The molecule has 0 aromatic heterocycles. The molecule has 1 unspecified atom stereocenters. The average molecular weight is 265 g/mol. The molecule has 1 heterocycles. The Hall–Kier alpha value is -1.10. The molecule has 2 rings (SSSR count). The van der Waals surface area contributed by atoms with Crippen LogP contribution in [-0.4, -0.2) is 55.6 Å². The molecule has 106 valence electrons. The van der Waals surface area contributed by atoms with E-state index in [9.17, 15) is 5.11 Å². The first kappa shape index (κ1) is 14.3. The van der Waals surface area contributed by atoms with Crippen LogP contribution in [-0.2, 0) is 4.74 Å². The van der Waals surface area contributed by atoms with Gasteiger partial charge in [-0.15, -0.1) is 0 Å². The van der Waals surface area contributed by atoms with E-state index in [4.69, 9.17) is 9.47 Å². The smallest absolute Gasteiger partial charge is 0.122 e. The molecule has 1 aromatic carbocycles. The third-order valence-corrected chi connectivity index (χ3v) is 3.35. The normalized spacial score (nSPS) is 18.3. The van der Waals surface area contributed by atoms with Crippen molar-refractivity contribution in [1.29, 1.82) is 0 Å². The van der Waals surface area contributed by atoms with Gasteiger partial charge in [-0.05, 0) is 31.0 Å². The van der Waals surface area contributed by atoms with Gasteiger partial charge in [-0.25, -0.2) is 0 Å². The van der Waals surface area contributed by atoms with Gasteiger partial charge in [0.2, 0.25) is 0 Å². The fourth-order valence-electron chi connectivity index (χ4n) is 2.18. The summed E-state index contributed by atoms with van der Waals surface area (Å²) >= 11 is 0. The number of benzene rings is 1. The lowest BCUT2D eigenvalue weighted by Gasteiger charge is -2.28. The first-order chi connectivity index (χ1) is 9.15. The maximum atomic E-state index is 10.0. The first-order valence-electron chi connectivity index (χ1n) is 6.83. The molecule has 1 fully saturated rings. The fourth-order valence-corrected chi connectivity index (χ4v) is 2.18. The van der Waals surface area contributed by atoms with Crippen LogP contribution in [0.25, 0.3) is 0 Å². The van der Waals surface area contributed by atoms with E-state index < -0.39 is 6.10 Å². The minimum Gasteiger partial charge on any atom is -0.491 e. The number of hydrogen-bond acceptors (Lipinski definition) is 4. The molecule has 0 aliphatic carbocycles. The summed E-state index contributed by atoms with van der Waals surface area (Å²) in [5, 5.41) is 10.0. The predicted octanol–water partition coefficient (Wildman–Crippen LogP) is 1.38. The Morgan fingerprint density at radius 1 is 1.32 bits per heavy atom. The Morgan fingerprint density at radius 3 is 2.79 bits per heavy atom. The maximum absolute atomic E-state index is 10.0. The molecular formula is C15H23NO3. The average Bonchev–Trinajstić information content (AvgIpc) is 2.41. The van der Waals surface area contributed by atoms with E-state index in [0.29, 0.717) is 13.2 Å². The third kappa shape index (κ3) is 4.49. The quantitative estimate of drug-likeness (QED) is 0.873. The summed E-state index contributed by atoms with van der Waals surface area (Å²) in [6.45, 7) is 8.33. The van der Waals surface area contributed by atoms with E-state index in [2.05, 4.69) is 11.0 Å². The van der Waals surface area contributed by atoms with Crippen LogP contribution in [0.15, 0.2) is 18.2 Å². The lowest BCUT2D eigenvalue weighted by molar-refractivity contribution is 0.00459. The van der Waals surface area contributed by atoms with E-state index in [0.717, 1.165) is 37.6 Å². The number of aryl methyl sites for hydroxylation is 2. The molecular weight excluding hydrogens is 242 g/mol. The van der Waals surface area contributed by atoms with Crippen LogP contribution in [0.5, 0.6) is 5.75 Å². The first-order valence-corrected chi connectivity index (χ1v) is 6.83. The molecule has 1 N–H and O–H groups in total. The number of ether oxygens (including phenoxy) is 2. The Morgan fingerprint density at radius 2 is 2.05 bits per heavy atom. The van der Waals surface area contributed by atoms with Gasteiger partial charge in [-0.1, -0.05) is 12.1 Å². The van der Waals surface area contributed by atoms with Crippen molar-refractivity contribution >= 4 is 0 Å². The van der Waals surface area contributed by atoms with E-state index in [1.165, 1.54) is 5.56 Å². The van der Waals surface area contributed by atoms with E-state index in [1.807, 2.05) is 26.0 Å². The van der Waals surface area contributed by atoms with Crippen LogP contribution >= 0.6 is 0 Å². The highest BCUT2D eigenvalue weighted by atomic mass is 16.5. The summed E-state index contributed by atoms with van der Waals surface area (Å²) < 4.78 is 11.0. The summed E-state index contributed by atoms with van der Waals surface area (Å²) in [7, 11) is 0. The molecule has 4 nitrogen and oxygen atoms in total. The summed E-state index contributed by atoms with van der Waals surface area (Å²) in [5.41, 5.74) is 2.27. The summed E-state index contributed by atoms with van der Waals surface area (Å²) in [5.74, 6) is 0.862. The Kier molecular flexibility index (Phi) is 5.19. The van der Waals surface area contributed by atoms with Gasteiger partial charge < -0.3 is 14.6 Å². The van der Waals surface area contributed by atoms with Crippen LogP contribution in [0, 0.1) is 13.8 Å². The van der Waals surface area contributed by atoms with Crippen molar-refractivity contribution in [1.82, 2.24) is 4.90 Å². The highest BCUT2D eigenvalue weighted by molar-refractivity contribution is 5.35. The number of rotatable bonds is 5. The molecule has 0 amide bonds. The van der Waals surface area contributed by atoms with E-state index in [-0.39, 0.29) is 0 Å². The second-order valence-corrected chi connectivity index (χ2v) is 5.15. The fraction of sp³-hybridized carbons (Fsp3) is 0.600. The largest absolute Gasteiger partial charge is 0.491 e. The topological polar surface area (TPSA) is 41.9 Å². The van der Waals surface area contributed by atoms with Gasteiger partial charge in [0.15, 0.2) is 0 Å². The lowest BCUT2D eigenvalue weighted by Crippen LogP contribution is -2.42. The molecule has 1 atom stereocenters. The van der Waals surface area contributed by atoms with Gasteiger partial charge in [0.25, 0.3) is 0 Å². The molecule has 0 saturated carbocycles. The summed E-state index contributed by atoms with van der Waals surface area (Å²) in [6, 6.07) is 6.11. The number of morpholine rings is 1. The number of aliphatic hydroxyl groups is 1. The number of aliphatic hydroxyl groups excluding tert-OH is 1. The van der Waals surface area contributed by atoms with Crippen molar-refractivity contribution in [2.75, 3.05) is 39.5 Å². The Bertz CT molecular complexity index is 402. The van der Waals surface area contributed by atoms with Crippen LogP contribution in [0.3, 0.4) is 0 Å². The Balaban J connectivity index is 1.79. The van der Waals surface area contributed by atoms with Crippen molar-refractivity contribution in [2.24, 2.45) is 0 Å². The predicted molar refractivity (Wildman–Crippen MR) is 74.7 cm³/mol. The van der Waals surface area contributed by atoms with Crippen molar-refractivity contribution in [3.05, 3.63) is 29.3 Å². The molecule has 19 heavy (non-hydrogen) atoms. The van der Waals surface area contributed by atoms with Crippen LogP contribution in [0.4, 0.5) is 0 Å². The van der Waals surface area contributed by atoms with Crippen molar-refractivity contribution in [2.45, 2.75) is 20.0 Å². The van der Waals surface area contributed by atoms with E-state index in [1.54, 1.807) is 0 Å². The van der Waals surface area contributed by atoms with Crippen LogP contribution in [0.1, 0.15) is 11.1 Å². The minimum atomic E-state index is -0.460. The van der Waals surface area contributed by atoms with E-state index >= 15 is 0 Å². The summed E-state index contributed by atoms with van der Waals surface area (Å²) in [4.78, 5) is 2.21. The zero-order valence-corrected chi connectivity index (χ0v) is 11.8. The van der Waals surface area contributed by atoms with Crippen molar-refractivity contribution in [3.63, 3.8) is 0 Å². The number of hydrogen-bond donors (Lipinski definition) is 1. The zero-order chi connectivity index (χ0) is 13.7. The molecule has 0 bridgehead atoms. The van der Waals surface area contributed by atoms with Gasteiger partial charge in [-0.3, -0.25) is 4.90 Å². The van der Waals surface area contributed by atoms with Gasteiger partial charge in [0, 0.05) is 19.6 Å². The van der Waals surface area contributed by atoms with Crippen LogP contribution in [0.2, 0.25) is 0 Å². The number of nitrogens with zero attached hydrogens (tertiary/aromatic N) is 1. The highest BCUT2D eigenvalue weighted by Crippen LogP contribution is 2.19. The third-order valence-electron chi connectivity index (χ3n) is 3.35. The van der Waals surface area contributed by atoms with Gasteiger partial charge >= 0.3 is 0 Å². The van der Waals surface area contributed by atoms with Gasteiger partial charge in [0.1, 0.15) is 18.5 Å². The van der Waals surface area contributed by atoms with Crippen molar-refractivity contribution in [3.8, 4) is 5.75 Å². The molecule has 1 saturated heterocycles. The second-order valence-electron chi connectivity index (χ2n) is 5.15. The maximum Gasteiger partial charge on any atom is 0.122 e. The SMILES string of the molecule is Cc1ccc(C)c(OCC(O)CN2CCOCC2)c1. The minimum absolute atomic E-state index is 0.335. The van der Waals surface area contributed by atoms with Crippen LogP contribution < -0.4 is 4.74 Å². The molecule has 1 aromatic rings. The lowest BCUT2D eigenvalue weighted by atomic mass is 10.1. The molecule has 0 spiro atoms. The highest BCUT2D eigenvalue weighted by Gasteiger charge is 2.15. The number of β-amino-alcohol motifs (C(OH)–C–C–N with tert-alkyl or cyclic N) is 1. The Labute approximate surface area is 114 Å². The second kappa shape index (κ2) is 6.89. The van der Waals surface area contributed by atoms with Gasteiger partial charge in [0.05, 0.1) is 13.2 Å². The van der Waals surface area contributed by atoms with Gasteiger partial charge in [-0.2, -0.15) is 0 Å². The summed E-state index contributed by atoms with van der Waals surface area (Å²) in [6.07, 6.45) is -0.460. The molecule has 1 aliphatic heterocycles. The monoisotopic (exact) mass is 265 g/mol. The molecule has 0 radical (unpaired) electrons. The molecule has 1 aliphatic rings. The zero-order valence-electron chi connectivity index (χ0n) is 11.8.